The standard InChI is InChI=1S/C15H22FNO/c1-10(2)9-17(11(3)4)15-7-6-13(16)8-14(15)12(5)18/h6-8,10-11H,9H2,1-5H3. The molecule has 0 fully saturated rings. The van der Waals surface area contributed by atoms with E-state index in [2.05, 4.69) is 32.6 Å². The zero-order valence-electron chi connectivity index (χ0n) is 11.8. The lowest BCUT2D eigenvalue weighted by Crippen LogP contribution is -2.35. The Morgan fingerprint density at radius 2 is 1.89 bits per heavy atom. The second-order valence-electron chi connectivity index (χ2n) is 5.36. The molecule has 0 saturated heterocycles. The molecule has 0 unspecified atom stereocenters. The van der Waals surface area contributed by atoms with Gasteiger partial charge in [-0.25, -0.2) is 4.39 Å². The molecular formula is C15H22FNO. The van der Waals surface area contributed by atoms with E-state index in [0.29, 0.717) is 11.5 Å². The number of benzene rings is 1. The first-order valence-electron chi connectivity index (χ1n) is 6.40. The van der Waals surface area contributed by atoms with Crippen LogP contribution in [0.15, 0.2) is 18.2 Å². The van der Waals surface area contributed by atoms with Gasteiger partial charge >= 0.3 is 0 Å². The fourth-order valence-corrected chi connectivity index (χ4v) is 2.02. The van der Waals surface area contributed by atoms with Crippen LogP contribution in [0.3, 0.4) is 0 Å². The maximum Gasteiger partial charge on any atom is 0.161 e. The third-order valence-corrected chi connectivity index (χ3v) is 2.83. The minimum Gasteiger partial charge on any atom is -0.368 e. The van der Waals surface area contributed by atoms with Crippen LogP contribution in [0, 0.1) is 11.7 Å². The van der Waals surface area contributed by atoms with Crippen LogP contribution >= 0.6 is 0 Å². The average Bonchev–Trinajstić information content (AvgIpc) is 2.25. The summed E-state index contributed by atoms with van der Waals surface area (Å²) in [4.78, 5) is 13.8. The average molecular weight is 251 g/mol. The van der Waals surface area contributed by atoms with E-state index in [1.54, 1.807) is 6.07 Å². The van der Waals surface area contributed by atoms with Crippen LogP contribution in [0.1, 0.15) is 45.0 Å². The van der Waals surface area contributed by atoms with E-state index in [1.807, 2.05) is 0 Å². The molecule has 18 heavy (non-hydrogen) atoms. The van der Waals surface area contributed by atoms with Crippen LogP contribution < -0.4 is 4.90 Å². The van der Waals surface area contributed by atoms with Gasteiger partial charge in [0.1, 0.15) is 5.82 Å². The summed E-state index contributed by atoms with van der Waals surface area (Å²) < 4.78 is 13.3. The predicted octanol–water partition coefficient (Wildman–Crippen LogP) is 3.90. The molecule has 1 aromatic rings. The Kier molecular flexibility index (Phi) is 4.88. The number of hydrogen-bond donors (Lipinski definition) is 0. The van der Waals surface area contributed by atoms with E-state index in [9.17, 15) is 9.18 Å². The van der Waals surface area contributed by atoms with Gasteiger partial charge in [0.05, 0.1) is 0 Å². The molecule has 0 spiro atoms. The zero-order valence-corrected chi connectivity index (χ0v) is 11.8. The van der Waals surface area contributed by atoms with Gasteiger partial charge in [-0.3, -0.25) is 4.79 Å². The lowest BCUT2D eigenvalue weighted by Gasteiger charge is -2.32. The van der Waals surface area contributed by atoms with Gasteiger partial charge in [0, 0.05) is 23.8 Å². The molecule has 0 aromatic heterocycles. The van der Waals surface area contributed by atoms with Crippen LogP contribution in [0.5, 0.6) is 0 Å². The summed E-state index contributed by atoms with van der Waals surface area (Å²) in [6, 6.07) is 4.72. The van der Waals surface area contributed by atoms with Crippen LogP contribution in [0.25, 0.3) is 0 Å². The molecule has 1 rings (SSSR count). The van der Waals surface area contributed by atoms with Crippen LogP contribution in [-0.4, -0.2) is 18.4 Å². The number of carbonyl (C=O) groups excluding carboxylic acids is 1. The molecule has 0 N–H and O–H groups in total. The van der Waals surface area contributed by atoms with Crippen molar-refractivity contribution >= 4 is 11.5 Å². The number of ketones is 1. The van der Waals surface area contributed by atoms with Crippen molar-refractivity contribution in [1.82, 2.24) is 0 Å². The molecule has 0 atom stereocenters. The summed E-state index contributed by atoms with van der Waals surface area (Å²) in [5.41, 5.74) is 1.29. The Morgan fingerprint density at radius 1 is 1.28 bits per heavy atom. The van der Waals surface area contributed by atoms with Crippen molar-refractivity contribution in [2.45, 2.75) is 40.7 Å². The quantitative estimate of drug-likeness (QED) is 0.740. The van der Waals surface area contributed by atoms with Gasteiger partial charge < -0.3 is 4.90 Å². The van der Waals surface area contributed by atoms with E-state index in [1.165, 1.54) is 19.1 Å². The first kappa shape index (κ1) is 14.7. The first-order chi connectivity index (χ1) is 8.32. The monoisotopic (exact) mass is 251 g/mol. The number of halogens is 1. The molecule has 0 aliphatic heterocycles. The van der Waals surface area contributed by atoms with E-state index in [4.69, 9.17) is 0 Å². The summed E-state index contributed by atoms with van der Waals surface area (Å²) in [6.45, 7) is 10.7. The smallest absolute Gasteiger partial charge is 0.161 e. The molecule has 0 heterocycles. The highest BCUT2D eigenvalue weighted by atomic mass is 19.1. The van der Waals surface area contributed by atoms with Gasteiger partial charge in [-0.15, -0.1) is 0 Å². The van der Waals surface area contributed by atoms with Gasteiger partial charge in [-0.2, -0.15) is 0 Å². The Morgan fingerprint density at radius 3 is 2.33 bits per heavy atom. The van der Waals surface area contributed by atoms with E-state index in [-0.39, 0.29) is 17.6 Å². The normalized spacial score (nSPS) is 11.1. The summed E-state index contributed by atoms with van der Waals surface area (Å²) in [5.74, 6) is 0.0216. The zero-order chi connectivity index (χ0) is 13.9. The van der Waals surface area contributed by atoms with Gasteiger partial charge in [0.15, 0.2) is 5.78 Å². The Bertz CT molecular complexity index is 427. The van der Waals surface area contributed by atoms with Crippen molar-refractivity contribution in [1.29, 1.82) is 0 Å². The summed E-state index contributed by atoms with van der Waals surface area (Å²) >= 11 is 0. The van der Waals surface area contributed by atoms with Crippen LogP contribution in [-0.2, 0) is 0 Å². The van der Waals surface area contributed by atoms with Crippen molar-refractivity contribution in [2.75, 3.05) is 11.4 Å². The number of carbonyl (C=O) groups is 1. The maximum atomic E-state index is 13.3. The molecule has 3 heteroatoms. The topological polar surface area (TPSA) is 20.3 Å². The lowest BCUT2D eigenvalue weighted by molar-refractivity contribution is 0.101. The maximum absolute atomic E-state index is 13.3. The van der Waals surface area contributed by atoms with Crippen molar-refractivity contribution in [3.63, 3.8) is 0 Å². The SMILES string of the molecule is CC(=O)c1cc(F)ccc1N(CC(C)C)C(C)C. The minimum atomic E-state index is -0.364. The van der Waals surface area contributed by atoms with E-state index >= 15 is 0 Å². The first-order valence-corrected chi connectivity index (χ1v) is 6.40. The molecule has 0 radical (unpaired) electrons. The van der Waals surface area contributed by atoms with E-state index in [0.717, 1.165) is 12.2 Å². The number of anilines is 1. The highest BCUT2D eigenvalue weighted by Crippen LogP contribution is 2.25. The van der Waals surface area contributed by atoms with Gasteiger partial charge in [0.2, 0.25) is 0 Å². The summed E-state index contributed by atoms with van der Waals surface area (Å²) in [7, 11) is 0. The summed E-state index contributed by atoms with van der Waals surface area (Å²) in [5, 5.41) is 0. The van der Waals surface area contributed by atoms with Gasteiger partial charge in [-0.05, 0) is 44.9 Å². The van der Waals surface area contributed by atoms with Crippen LogP contribution in [0.2, 0.25) is 0 Å². The third kappa shape index (κ3) is 3.56. The molecule has 0 aliphatic rings. The number of Topliss-reactive ketones (excluding diaryl/α,β-unsaturated/α-hetero) is 1. The highest BCUT2D eigenvalue weighted by Gasteiger charge is 2.18. The third-order valence-electron chi connectivity index (χ3n) is 2.83. The molecule has 1 aromatic carbocycles. The Labute approximate surface area is 109 Å². The van der Waals surface area contributed by atoms with Crippen molar-refractivity contribution in [3.8, 4) is 0 Å². The second kappa shape index (κ2) is 5.98. The van der Waals surface area contributed by atoms with E-state index < -0.39 is 0 Å². The van der Waals surface area contributed by atoms with Gasteiger partial charge in [-0.1, -0.05) is 13.8 Å². The Hall–Kier alpha value is -1.38. The summed E-state index contributed by atoms with van der Waals surface area (Å²) in [6.07, 6.45) is 0. The fourth-order valence-electron chi connectivity index (χ4n) is 2.02. The molecule has 0 amide bonds. The predicted molar refractivity (Wildman–Crippen MR) is 73.7 cm³/mol. The fraction of sp³-hybridized carbons (Fsp3) is 0.533. The second-order valence-corrected chi connectivity index (χ2v) is 5.36. The Balaban J connectivity index is 3.22. The molecule has 0 aliphatic carbocycles. The molecular weight excluding hydrogens is 229 g/mol. The number of hydrogen-bond acceptors (Lipinski definition) is 2. The van der Waals surface area contributed by atoms with Crippen molar-refractivity contribution < 1.29 is 9.18 Å². The minimum absolute atomic E-state index is 0.0982. The molecule has 0 bridgehead atoms. The van der Waals surface area contributed by atoms with Crippen molar-refractivity contribution in [3.05, 3.63) is 29.6 Å². The van der Waals surface area contributed by atoms with Gasteiger partial charge in [0.25, 0.3) is 0 Å². The lowest BCUT2D eigenvalue weighted by atomic mass is 10.1. The van der Waals surface area contributed by atoms with Crippen LogP contribution in [0.4, 0.5) is 10.1 Å². The number of nitrogens with zero attached hydrogens (tertiary/aromatic N) is 1. The molecule has 2 nitrogen and oxygen atoms in total. The van der Waals surface area contributed by atoms with Crippen molar-refractivity contribution in [2.24, 2.45) is 5.92 Å². The number of rotatable bonds is 5. The largest absolute Gasteiger partial charge is 0.368 e. The molecule has 100 valence electrons. The molecule has 0 saturated carbocycles. The highest BCUT2D eigenvalue weighted by molar-refractivity contribution is 5.99.